The van der Waals surface area contributed by atoms with Crippen molar-refractivity contribution in [2.45, 2.75) is 13.0 Å². The molecule has 5 nitrogen and oxygen atoms in total. The largest absolute Gasteiger partial charge is 0.493 e. The Hall–Kier alpha value is -2.53. The zero-order valence-corrected chi connectivity index (χ0v) is 12.0. The van der Waals surface area contributed by atoms with Crippen LogP contribution < -0.4 is 20.5 Å². The number of para-hydroxylation sites is 2. The Morgan fingerprint density at radius 1 is 1.10 bits per heavy atom. The van der Waals surface area contributed by atoms with Crippen molar-refractivity contribution >= 4 is 11.6 Å². The Kier molecular flexibility index (Phi) is 4.79. The molecule has 0 heterocycles. The molecule has 3 N–H and O–H groups in total. The van der Waals surface area contributed by atoms with Gasteiger partial charge in [-0.3, -0.25) is 4.79 Å². The summed E-state index contributed by atoms with van der Waals surface area (Å²) in [5.41, 5.74) is 6.17. The van der Waals surface area contributed by atoms with Gasteiger partial charge in [0.25, 0.3) is 0 Å². The van der Waals surface area contributed by atoms with Crippen molar-refractivity contribution in [2.24, 2.45) is 5.73 Å². The van der Waals surface area contributed by atoms with Gasteiger partial charge < -0.3 is 20.5 Å². The third-order valence-corrected chi connectivity index (χ3v) is 2.83. The molecule has 0 aromatic heterocycles. The third-order valence-electron chi connectivity index (χ3n) is 2.83. The molecule has 1 atom stereocenters. The maximum atomic E-state index is 11.5. The van der Waals surface area contributed by atoms with Crippen molar-refractivity contribution in [3.05, 3.63) is 48.5 Å². The zero-order valence-electron chi connectivity index (χ0n) is 12.0. The van der Waals surface area contributed by atoms with Gasteiger partial charge in [-0.2, -0.15) is 0 Å². The fourth-order valence-corrected chi connectivity index (χ4v) is 1.69. The number of carbonyl (C=O) groups excluding carboxylic acids is 1. The zero-order chi connectivity index (χ0) is 15.2. The molecule has 1 amide bonds. The highest BCUT2D eigenvalue weighted by Gasteiger charge is 2.08. The minimum atomic E-state index is -0.547. The summed E-state index contributed by atoms with van der Waals surface area (Å²) in [6.07, 6.45) is 0. The predicted molar refractivity (Wildman–Crippen MR) is 81.8 cm³/mol. The number of methoxy groups -OCH3 is 1. The van der Waals surface area contributed by atoms with Crippen LogP contribution in [-0.4, -0.2) is 19.1 Å². The van der Waals surface area contributed by atoms with E-state index in [1.807, 2.05) is 24.3 Å². The molecule has 110 valence electrons. The number of amides is 1. The molecule has 0 saturated heterocycles. The summed E-state index contributed by atoms with van der Waals surface area (Å²) in [5.74, 6) is 1.71. The molecular formula is C16H18N2O3. The van der Waals surface area contributed by atoms with Crippen LogP contribution >= 0.6 is 0 Å². The number of carbonyl (C=O) groups is 1. The first-order valence-corrected chi connectivity index (χ1v) is 6.57. The van der Waals surface area contributed by atoms with Crippen LogP contribution in [0.2, 0.25) is 0 Å². The van der Waals surface area contributed by atoms with Gasteiger partial charge in [-0.15, -0.1) is 0 Å². The van der Waals surface area contributed by atoms with Gasteiger partial charge in [-0.25, -0.2) is 0 Å². The van der Waals surface area contributed by atoms with Gasteiger partial charge in [0.2, 0.25) is 5.91 Å². The van der Waals surface area contributed by atoms with Crippen LogP contribution in [0.3, 0.4) is 0 Å². The smallest absolute Gasteiger partial charge is 0.240 e. The first-order chi connectivity index (χ1) is 10.1. The van der Waals surface area contributed by atoms with E-state index in [1.165, 1.54) is 0 Å². The molecule has 0 aliphatic rings. The van der Waals surface area contributed by atoms with Gasteiger partial charge in [0.05, 0.1) is 13.2 Å². The standard InChI is InChI=1S/C16H18N2O3/c1-11(17)16(19)18-12-7-9-13(10-8-12)21-15-6-4-3-5-14(15)20-2/h3-11H,17H2,1-2H3,(H,18,19)/t11-/m0/s1. The fraction of sp³-hybridized carbons (Fsp3) is 0.188. The molecule has 0 bridgehead atoms. The summed E-state index contributed by atoms with van der Waals surface area (Å²) in [5, 5.41) is 2.71. The topological polar surface area (TPSA) is 73.6 Å². The van der Waals surface area contributed by atoms with Crippen molar-refractivity contribution in [3.8, 4) is 17.2 Å². The maximum absolute atomic E-state index is 11.5. The molecule has 0 saturated carbocycles. The Balaban J connectivity index is 2.07. The Bertz CT molecular complexity index is 609. The van der Waals surface area contributed by atoms with E-state index in [-0.39, 0.29) is 5.91 Å². The number of hydrogen-bond donors (Lipinski definition) is 2. The van der Waals surface area contributed by atoms with E-state index in [2.05, 4.69) is 5.32 Å². The monoisotopic (exact) mass is 286 g/mol. The lowest BCUT2D eigenvalue weighted by atomic mass is 10.2. The normalized spacial score (nSPS) is 11.6. The first-order valence-electron chi connectivity index (χ1n) is 6.57. The number of hydrogen-bond acceptors (Lipinski definition) is 4. The van der Waals surface area contributed by atoms with Crippen molar-refractivity contribution in [1.29, 1.82) is 0 Å². The molecule has 21 heavy (non-hydrogen) atoms. The molecule has 0 spiro atoms. The number of nitrogens with two attached hydrogens (primary N) is 1. The summed E-state index contributed by atoms with van der Waals surface area (Å²) >= 11 is 0. The molecule has 0 aliphatic carbocycles. The number of anilines is 1. The van der Waals surface area contributed by atoms with E-state index < -0.39 is 6.04 Å². The minimum Gasteiger partial charge on any atom is -0.493 e. The molecule has 5 heteroatoms. The van der Waals surface area contributed by atoms with Crippen LogP contribution in [0.5, 0.6) is 17.2 Å². The average Bonchev–Trinajstić information content (AvgIpc) is 2.49. The van der Waals surface area contributed by atoms with Crippen molar-refractivity contribution in [3.63, 3.8) is 0 Å². The van der Waals surface area contributed by atoms with Gasteiger partial charge in [0.1, 0.15) is 5.75 Å². The second kappa shape index (κ2) is 6.76. The predicted octanol–water partition coefficient (Wildman–Crippen LogP) is 2.77. The van der Waals surface area contributed by atoms with E-state index in [4.69, 9.17) is 15.2 Å². The van der Waals surface area contributed by atoms with Crippen LogP contribution in [0, 0.1) is 0 Å². The lowest BCUT2D eigenvalue weighted by Gasteiger charge is -2.11. The van der Waals surface area contributed by atoms with Gasteiger partial charge in [-0.05, 0) is 43.3 Å². The molecule has 2 rings (SSSR count). The number of ether oxygens (including phenoxy) is 2. The van der Waals surface area contributed by atoms with Gasteiger partial charge >= 0.3 is 0 Å². The molecule has 2 aromatic carbocycles. The second-order valence-electron chi connectivity index (χ2n) is 4.56. The highest BCUT2D eigenvalue weighted by Crippen LogP contribution is 2.31. The maximum Gasteiger partial charge on any atom is 0.240 e. The molecular weight excluding hydrogens is 268 g/mol. The SMILES string of the molecule is COc1ccccc1Oc1ccc(NC(=O)[C@H](C)N)cc1. The van der Waals surface area contributed by atoms with E-state index in [0.29, 0.717) is 22.9 Å². The van der Waals surface area contributed by atoms with Crippen molar-refractivity contribution < 1.29 is 14.3 Å². The molecule has 0 fully saturated rings. The lowest BCUT2D eigenvalue weighted by molar-refractivity contribution is -0.117. The summed E-state index contributed by atoms with van der Waals surface area (Å²) in [4.78, 5) is 11.5. The third kappa shape index (κ3) is 3.97. The van der Waals surface area contributed by atoms with Crippen molar-refractivity contribution in [1.82, 2.24) is 0 Å². The first kappa shape index (κ1) is 14.9. The minimum absolute atomic E-state index is 0.228. The van der Waals surface area contributed by atoms with Crippen LogP contribution in [-0.2, 0) is 4.79 Å². The molecule has 0 radical (unpaired) electrons. The Morgan fingerprint density at radius 2 is 1.71 bits per heavy atom. The summed E-state index contributed by atoms with van der Waals surface area (Å²) < 4.78 is 11.0. The fourth-order valence-electron chi connectivity index (χ4n) is 1.69. The van der Waals surface area contributed by atoms with Gasteiger partial charge in [0.15, 0.2) is 11.5 Å². The summed E-state index contributed by atoms with van der Waals surface area (Å²) in [7, 11) is 1.59. The van der Waals surface area contributed by atoms with E-state index in [1.54, 1.807) is 38.3 Å². The van der Waals surface area contributed by atoms with Gasteiger partial charge in [0, 0.05) is 5.69 Å². The van der Waals surface area contributed by atoms with E-state index in [9.17, 15) is 4.79 Å². The van der Waals surface area contributed by atoms with Crippen LogP contribution in [0.1, 0.15) is 6.92 Å². The Labute approximate surface area is 123 Å². The van der Waals surface area contributed by atoms with Crippen LogP contribution in [0.25, 0.3) is 0 Å². The number of benzene rings is 2. The summed E-state index contributed by atoms with van der Waals surface area (Å²) in [6, 6.07) is 13.9. The molecule has 2 aromatic rings. The highest BCUT2D eigenvalue weighted by atomic mass is 16.5. The Morgan fingerprint density at radius 3 is 2.29 bits per heavy atom. The van der Waals surface area contributed by atoms with E-state index >= 15 is 0 Å². The van der Waals surface area contributed by atoms with Crippen molar-refractivity contribution in [2.75, 3.05) is 12.4 Å². The summed E-state index contributed by atoms with van der Waals surface area (Å²) in [6.45, 7) is 1.63. The second-order valence-corrected chi connectivity index (χ2v) is 4.56. The molecule has 0 unspecified atom stereocenters. The number of nitrogens with one attached hydrogen (secondary N) is 1. The quantitative estimate of drug-likeness (QED) is 0.886. The molecule has 0 aliphatic heterocycles. The number of rotatable bonds is 5. The lowest BCUT2D eigenvalue weighted by Crippen LogP contribution is -2.32. The highest BCUT2D eigenvalue weighted by molar-refractivity contribution is 5.94. The van der Waals surface area contributed by atoms with Crippen LogP contribution in [0.15, 0.2) is 48.5 Å². The average molecular weight is 286 g/mol. The van der Waals surface area contributed by atoms with E-state index in [0.717, 1.165) is 0 Å². The van der Waals surface area contributed by atoms with Gasteiger partial charge in [-0.1, -0.05) is 12.1 Å². The van der Waals surface area contributed by atoms with Crippen LogP contribution in [0.4, 0.5) is 5.69 Å².